The van der Waals surface area contributed by atoms with E-state index in [-0.39, 0.29) is 16.7 Å². The average Bonchev–Trinajstić information content (AvgIpc) is 3.04. The van der Waals surface area contributed by atoms with Crippen LogP contribution in [0.5, 0.6) is 11.5 Å². The van der Waals surface area contributed by atoms with Crippen molar-refractivity contribution in [3.8, 4) is 11.5 Å². The molecule has 1 aromatic heterocycles. The first-order valence-corrected chi connectivity index (χ1v) is 10.00. The molecule has 1 aliphatic carbocycles. The van der Waals surface area contributed by atoms with Crippen molar-refractivity contribution in [2.75, 3.05) is 27.3 Å². The number of fused-ring (bicyclic) bond motifs is 2. The third-order valence-electron chi connectivity index (χ3n) is 6.26. The van der Waals surface area contributed by atoms with Gasteiger partial charge in [-0.3, -0.25) is 4.90 Å². The van der Waals surface area contributed by atoms with E-state index in [1.54, 1.807) is 6.07 Å². The van der Waals surface area contributed by atoms with Crippen LogP contribution in [-0.4, -0.2) is 53.3 Å². The van der Waals surface area contributed by atoms with E-state index in [1.807, 2.05) is 19.2 Å². The number of carbonyl (C=O) groups is 1. The normalized spacial score (nSPS) is 21.2. The highest BCUT2D eigenvalue weighted by molar-refractivity contribution is 5.93. The number of hydrogen-bond acceptors (Lipinski definition) is 6. The zero-order valence-corrected chi connectivity index (χ0v) is 17.2. The van der Waals surface area contributed by atoms with E-state index in [2.05, 4.69) is 9.88 Å². The molecular weight excluding hydrogens is 370 g/mol. The van der Waals surface area contributed by atoms with Crippen molar-refractivity contribution in [1.29, 1.82) is 0 Å². The van der Waals surface area contributed by atoms with Crippen molar-refractivity contribution in [1.82, 2.24) is 14.9 Å². The first-order valence-electron chi connectivity index (χ1n) is 10.00. The molecule has 2 aliphatic rings. The zero-order valence-electron chi connectivity index (χ0n) is 17.2. The zero-order chi connectivity index (χ0) is 20.6. The lowest BCUT2D eigenvalue weighted by molar-refractivity contribution is 0.0688. The second-order valence-electron chi connectivity index (χ2n) is 8.03. The van der Waals surface area contributed by atoms with Crippen LogP contribution in [-0.2, 0) is 18.4 Å². The maximum absolute atomic E-state index is 12.0. The van der Waals surface area contributed by atoms with Crippen LogP contribution in [0.3, 0.4) is 0 Å². The summed E-state index contributed by atoms with van der Waals surface area (Å²) >= 11 is 0. The summed E-state index contributed by atoms with van der Waals surface area (Å²) in [5, 5.41) is 9.82. The molecule has 1 aromatic carbocycles. The summed E-state index contributed by atoms with van der Waals surface area (Å²) in [6, 6.07) is 3.61. The van der Waals surface area contributed by atoms with Crippen molar-refractivity contribution in [3.05, 3.63) is 46.5 Å². The molecule has 4 rings (SSSR count). The Labute approximate surface area is 170 Å². The summed E-state index contributed by atoms with van der Waals surface area (Å²) in [6.45, 7) is 4.32. The molecule has 7 nitrogen and oxygen atoms in total. The Bertz CT molecular complexity index is 942. The number of aryl methyl sites for hydroxylation is 2. The van der Waals surface area contributed by atoms with E-state index in [0.29, 0.717) is 12.3 Å². The molecule has 2 heterocycles. The predicted molar refractivity (Wildman–Crippen MR) is 108 cm³/mol. The number of carboxylic acids is 1. The van der Waals surface area contributed by atoms with E-state index >= 15 is 0 Å². The van der Waals surface area contributed by atoms with Gasteiger partial charge >= 0.3 is 5.97 Å². The van der Waals surface area contributed by atoms with E-state index in [1.165, 1.54) is 25.5 Å². The maximum Gasteiger partial charge on any atom is 0.339 e. The lowest BCUT2D eigenvalue weighted by Gasteiger charge is -2.40. The van der Waals surface area contributed by atoms with Crippen LogP contribution in [0.2, 0.25) is 0 Å². The Morgan fingerprint density at radius 1 is 1.28 bits per heavy atom. The van der Waals surface area contributed by atoms with Gasteiger partial charge in [0.15, 0.2) is 11.5 Å². The van der Waals surface area contributed by atoms with Gasteiger partial charge in [0.25, 0.3) is 0 Å². The van der Waals surface area contributed by atoms with E-state index < -0.39 is 5.97 Å². The lowest BCUT2D eigenvalue weighted by atomic mass is 9.77. The number of likely N-dealkylation sites (tertiary alicyclic amines) is 1. The third kappa shape index (κ3) is 3.44. The molecule has 29 heavy (non-hydrogen) atoms. The summed E-state index contributed by atoms with van der Waals surface area (Å²) in [6.07, 6.45) is 6.25. The minimum atomic E-state index is -1.00. The van der Waals surface area contributed by atoms with Gasteiger partial charge in [-0.1, -0.05) is 6.07 Å². The second kappa shape index (κ2) is 7.63. The van der Waals surface area contributed by atoms with Gasteiger partial charge < -0.3 is 14.6 Å². The van der Waals surface area contributed by atoms with Crippen LogP contribution in [0.1, 0.15) is 52.3 Å². The molecule has 2 aromatic rings. The van der Waals surface area contributed by atoms with Crippen molar-refractivity contribution < 1.29 is 19.4 Å². The summed E-state index contributed by atoms with van der Waals surface area (Å²) in [7, 11) is 2.99. The highest BCUT2D eigenvalue weighted by atomic mass is 16.5. The average molecular weight is 397 g/mol. The number of aromatic carboxylic acids is 1. The van der Waals surface area contributed by atoms with Crippen LogP contribution < -0.4 is 9.47 Å². The standard InChI is InChI=1S/C22H27N3O4/c1-14-23-11-15-7-9-22(20(15)24-14)8-4-10-25(13-22)12-16-5-6-17(28-2)19(29-3)18(16)21(26)27/h5-6,11H,4,7-10,12-13H2,1-3H3,(H,26,27). The van der Waals surface area contributed by atoms with Crippen LogP contribution >= 0.6 is 0 Å². The van der Waals surface area contributed by atoms with Gasteiger partial charge in [-0.2, -0.15) is 0 Å². The Balaban J connectivity index is 1.64. The molecule has 0 saturated carbocycles. The van der Waals surface area contributed by atoms with Crippen LogP contribution in [0, 0.1) is 6.92 Å². The Morgan fingerprint density at radius 3 is 2.83 bits per heavy atom. The smallest absolute Gasteiger partial charge is 0.339 e. The summed E-state index contributed by atoms with van der Waals surface area (Å²) < 4.78 is 10.7. The summed E-state index contributed by atoms with van der Waals surface area (Å²) in [5.41, 5.74) is 3.41. The van der Waals surface area contributed by atoms with Gasteiger partial charge in [0.2, 0.25) is 0 Å². The topological polar surface area (TPSA) is 84.8 Å². The largest absolute Gasteiger partial charge is 0.493 e. The third-order valence-corrected chi connectivity index (χ3v) is 6.26. The van der Waals surface area contributed by atoms with Crippen molar-refractivity contribution in [2.24, 2.45) is 0 Å². The fourth-order valence-corrected chi connectivity index (χ4v) is 4.96. The summed E-state index contributed by atoms with van der Waals surface area (Å²) in [4.78, 5) is 23.5. The van der Waals surface area contributed by atoms with E-state index in [4.69, 9.17) is 14.5 Å². The first-order chi connectivity index (χ1) is 14.0. The van der Waals surface area contributed by atoms with Gasteiger partial charge in [0.1, 0.15) is 11.4 Å². The van der Waals surface area contributed by atoms with Crippen LogP contribution in [0.15, 0.2) is 18.3 Å². The maximum atomic E-state index is 12.0. The molecule has 1 unspecified atom stereocenters. The monoisotopic (exact) mass is 397 g/mol. The van der Waals surface area contributed by atoms with Crippen LogP contribution in [0.4, 0.5) is 0 Å². The minimum absolute atomic E-state index is 0.0429. The molecule has 7 heteroatoms. The molecule has 1 aliphatic heterocycles. The van der Waals surface area contributed by atoms with Gasteiger partial charge in [0, 0.05) is 24.7 Å². The van der Waals surface area contributed by atoms with Crippen molar-refractivity contribution in [2.45, 2.75) is 44.6 Å². The van der Waals surface area contributed by atoms with Gasteiger partial charge in [-0.05, 0) is 56.3 Å². The molecule has 1 fully saturated rings. The molecule has 1 saturated heterocycles. The number of hydrogen-bond donors (Lipinski definition) is 1. The fraction of sp³-hybridized carbons (Fsp3) is 0.500. The molecule has 0 amide bonds. The minimum Gasteiger partial charge on any atom is -0.493 e. The number of nitrogens with zero attached hydrogens (tertiary/aromatic N) is 3. The highest BCUT2D eigenvalue weighted by Crippen LogP contribution is 2.44. The first kappa shape index (κ1) is 19.6. The number of aromatic nitrogens is 2. The highest BCUT2D eigenvalue weighted by Gasteiger charge is 2.43. The van der Waals surface area contributed by atoms with Crippen molar-refractivity contribution >= 4 is 5.97 Å². The number of piperidine rings is 1. The Morgan fingerprint density at radius 2 is 2.10 bits per heavy atom. The Kier molecular flexibility index (Phi) is 5.17. The molecular formula is C22H27N3O4. The van der Waals surface area contributed by atoms with E-state index in [0.717, 1.165) is 50.2 Å². The van der Waals surface area contributed by atoms with Gasteiger partial charge in [-0.25, -0.2) is 14.8 Å². The van der Waals surface area contributed by atoms with E-state index in [9.17, 15) is 9.90 Å². The molecule has 154 valence electrons. The number of ether oxygens (including phenoxy) is 2. The molecule has 1 atom stereocenters. The molecule has 0 radical (unpaired) electrons. The molecule has 1 N–H and O–H groups in total. The molecule has 1 spiro atoms. The number of carboxylic acid groups (broad SMARTS) is 1. The van der Waals surface area contributed by atoms with Crippen molar-refractivity contribution in [3.63, 3.8) is 0 Å². The molecule has 0 bridgehead atoms. The number of methoxy groups -OCH3 is 2. The quantitative estimate of drug-likeness (QED) is 0.830. The number of rotatable bonds is 5. The second-order valence-corrected chi connectivity index (χ2v) is 8.03. The summed E-state index contributed by atoms with van der Waals surface area (Å²) in [5.74, 6) is 0.520. The lowest BCUT2D eigenvalue weighted by Crippen LogP contribution is -2.45. The SMILES string of the molecule is COc1ccc(CN2CCCC3(CCc4cnc(C)nc43)C2)c(C(=O)O)c1OC. The van der Waals surface area contributed by atoms with Crippen LogP contribution in [0.25, 0.3) is 0 Å². The predicted octanol–water partition coefficient (Wildman–Crippen LogP) is 2.98. The Hall–Kier alpha value is -2.67. The fourth-order valence-electron chi connectivity index (χ4n) is 4.96. The number of benzene rings is 1. The van der Waals surface area contributed by atoms with Gasteiger partial charge in [0.05, 0.1) is 19.9 Å². The van der Waals surface area contributed by atoms with Gasteiger partial charge in [-0.15, -0.1) is 0 Å².